The first kappa shape index (κ1) is 10.3. The van der Waals surface area contributed by atoms with Gasteiger partial charge in [-0.3, -0.25) is 0 Å². The first-order valence-corrected chi connectivity index (χ1v) is 4.99. The van der Waals surface area contributed by atoms with Gasteiger partial charge in [0.2, 0.25) is 0 Å². The molecule has 0 saturated carbocycles. The summed E-state index contributed by atoms with van der Waals surface area (Å²) in [7, 11) is 0. The van der Waals surface area contributed by atoms with E-state index in [-0.39, 0.29) is 6.10 Å². The molecule has 0 fully saturated rings. The summed E-state index contributed by atoms with van der Waals surface area (Å²) in [4.78, 5) is 0. The van der Waals surface area contributed by atoms with Crippen molar-refractivity contribution >= 4 is 0 Å². The third-order valence-corrected chi connectivity index (χ3v) is 2.17. The number of benzene rings is 1. The third-order valence-electron chi connectivity index (χ3n) is 2.17. The van der Waals surface area contributed by atoms with E-state index in [9.17, 15) is 5.11 Å². The molecule has 1 radical (unpaired) electrons. The van der Waals surface area contributed by atoms with E-state index in [1.54, 1.807) is 0 Å². The Morgan fingerprint density at radius 1 is 1.38 bits per heavy atom. The predicted molar refractivity (Wildman–Crippen MR) is 54.4 cm³/mol. The first-order valence-electron chi connectivity index (χ1n) is 4.99. The van der Waals surface area contributed by atoms with Gasteiger partial charge in [-0.25, -0.2) is 0 Å². The normalized spacial score (nSPS) is 12.8. The Balaban J connectivity index is 2.35. The van der Waals surface area contributed by atoms with Crippen LogP contribution in [0.4, 0.5) is 0 Å². The minimum absolute atomic E-state index is 0.326. The first-order chi connectivity index (χ1) is 6.34. The Morgan fingerprint density at radius 3 is 2.85 bits per heavy atom. The lowest BCUT2D eigenvalue weighted by molar-refractivity contribution is 0.163. The van der Waals surface area contributed by atoms with Crippen LogP contribution in [-0.2, 0) is 0 Å². The van der Waals surface area contributed by atoms with Gasteiger partial charge in [0.05, 0.1) is 6.10 Å². The molecule has 13 heavy (non-hydrogen) atoms. The maximum absolute atomic E-state index is 9.72. The molecule has 1 N–H and O–H groups in total. The van der Waals surface area contributed by atoms with Crippen molar-refractivity contribution in [3.8, 4) is 0 Å². The standard InChI is InChI=1S/C12H17O/c1-2-3-5-10-12(13)11-8-6-4-7-9-11/h4,6-8,12-13H,2-3,5,10H2,1H3. The maximum Gasteiger partial charge on any atom is 0.0796 e. The van der Waals surface area contributed by atoms with Crippen LogP contribution in [0.5, 0.6) is 0 Å². The summed E-state index contributed by atoms with van der Waals surface area (Å²) in [6.45, 7) is 2.17. The van der Waals surface area contributed by atoms with Crippen molar-refractivity contribution in [3.05, 3.63) is 35.9 Å². The van der Waals surface area contributed by atoms with E-state index >= 15 is 0 Å². The molecular formula is C12H17O. The van der Waals surface area contributed by atoms with Crippen LogP contribution in [-0.4, -0.2) is 5.11 Å². The summed E-state index contributed by atoms with van der Waals surface area (Å²) in [6, 6.07) is 10.7. The zero-order valence-corrected chi connectivity index (χ0v) is 8.16. The summed E-state index contributed by atoms with van der Waals surface area (Å²) in [5, 5.41) is 9.72. The highest BCUT2D eigenvalue weighted by Gasteiger charge is 2.05. The fraction of sp³-hybridized carbons (Fsp3) is 0.500. The minimum atomic E-state index is -0.326. The molecule has 0 aliphatic rings. The third kappa shape index (κ3) is 3.60. The lowest BCUT2D eigenvalue weighted by Crippen LogP contribution is -1.96. The molecule has 1 atom stereocenters. The predicted octanol–water partition coefficient (Wildman–Crippen LogP) is 3.10. The van der Waals surface area contributed by atoms with Gasteiger partial charge in [-0.2, -0.15) is 0 Å². The molecule has 0 heterocycles. The van der Waals surface area contributed by atoms with E-state index in [2.05, 4.69) is 13.0 Å². The van der Waals surface area contributed by atoms with E-state index in [0.29, 0.717) is 0 Å². The highest BCUT2D eigenvalue weighted by atomic mass is 16.3. The van der Waals surface area contributed by atoms with Gasteiger partial charge in [-0.15, -0.1) is 0 Å². The Bertz CT molecular complexity index is 218. The molecule has 0 spiro atoms. The summed E-state index contributed by atoms with van der Waals surface area (Å²) < 4.78 is 0. The number of aliphatic hydroxyl groups excluding tert-OH is 1. The molecule has 0 aliphatic carbocycles. The van der Waals surface area contributed by atoms with Gasteiger partial charge in [0, 0.05) is 0 Å². The SMILES string of the molecule is CCCCCC(O)c1[c]cccc1. The molecule has 1 aromatic rings. The summed E-state index contributed by atoms with van der Waals surface area (Å²) >= 11 is 0. The number of hydrogen-bond donors (Lipinski definition) is 1. The largest absolute Gasteiger partial charge is 0.388 e. The minimum Gasteiger partial charge on any atom is -0.388 e. The Hall–Kier alpha value is -0.820. The van der Waals surface area contributed by atoms with Crippen molar-refractivity contribution in [2.24, 2.45) is 0 Å². The highest BCUT2D eigenvalue weighted by molar-refractivity contribution is 5.15. The van der Waals surface area contributed by atoms with E-state index in [0.717, 1.165) is 18.4 Å². The van der Waals surface area contributed by atoms with Crippen LogP contribution in [0.1, 0.15) is 44.3 Å². The van der Waals surface area contributed by atoms with Crippen molar-refractivity contribution in [1.82, 2.24) is 0 Å². The molecule has 0 amide bonds. The van der Waals surface area contributed by atoms with Crippen LogP contribution in [0.15, 0.2) is 24.3 Å². The molecule has 0 aliphatic heterocycles. The molecule has 71 valence electrons. The van der Waals surface area contributed by atoms with Crippen LogP contribution in [0.2, 0.25) is 0 Å². The van der Waals surface area contributed by atoms with E-state index < -0.39 is 0 Å². The van der Waals surface area contributed by atoms with Crippen molar-refractivity contribution < 1.29 is 5.11 Å². The van der Waals surface area contributed by atoms with Gasteiger partial charge in [0.1, 0.15) is 0 Å². The van der Waals surface area contributed by atoms with E-state index in [4.69, 9.17) is 0 Å². The lowest BCUT2D eigenvalue weighted by Gasteiger charge is -2.09. The quantitative estimate of drug-likeness (QED) is 0.685. The molecule has 0 bridgehead atoms. The van der Waals surface area contributed by atoms with Crippen LogP contribution in [0.3, 0.4) is 0 Å². The van der Waals surface area contributed by atoms with Gasteiger partial charge >= 0.3 is 0 Å². The molecule has 1 rings (SSSR count). The number of aliphatic hydroxyl groups is 1. The molecule has 1 aromatic carbocycles. The number of hydrogen-bond acceptors (Lipinski definition) is 1. The van der Waals surface area contributed by atoms with Crippen molar-refractivity contribution in [2.75, 3.05) is 0 Å². The monoisotopic (exact) mass is 177 g/mol. The number of unbranched alkanes of at least 4 members (excludes halogenated alkanes) is 2. The van der Waals surface area contributed by atoms with Crippen molar-refractivity contribution in [3.63, 3.8) is 0 Å². The zero-order chi connectivity index (χ0) is 9.52. The Kier molecular flexibility index (Phi) is 4.55. The summed E-state index contributed by atoms with van der Waals surface area (Å²) in [5.41, 5.74) is 0.915. The van der Waals surface area contributed by atoms with Crippen molar-refractivity contribution in [2.45, 2.75) is 38.7 Å². The summed E-state index contributed by atoms with van der Waals surface area (Å²) in [6.07, 6.45) is 4.02. The van der Waals surface area contributed by atoms with Gasteiger partial charge in [-0.1, -0.05) is 50.5 Å². The van der Waals surface area contributed by atoms with E-state index in [1.165, 1.54) is 12.8 Å². The second kappa shape index (κ2) is 5.76. The fourth-order valence-electron chi connectivity index (χ4n) is 1.36. The van der Waals surface area contributed by atoms with Crippen LogP contribution in [0.25, 0.3) is 0 Å². The Labute approximate surface area is 80.4 Å². The van der Waals surface area contributed by atoms with Crippen LogP contribution in [0, 0.1) is 6.07 Å². The summed E-state index contributed by atoms with van der Waals surface area (Å²) in [5.74, 6) is 0. The molecule has 1 unspecified atom stereocenters. The Morgan fingerprint density at radius 2 is 2.23 bits per heavy atom. The average molecular weight is 177 g/mol. The van der Waals surface area contributed by atoms with Crippen molar-refractivity contribution in [1.29, 1.82) is 0 Å². The molecule has 1 nitrogen and oxygen atoms in total. The second-order valence-corrected chi connectivity index (χ2v) is 3.33. The van der Waals surface area contributed by atoms with Gasteiger partial charge in [0.15, 0.2) is 0 Å². The zero-order valence-electron chi connectivity index (χ0n) is 8.16. The van der Waals surface area contributed by atoms with Crippen LogP contribution >= 0.6 is 0 Å². The maximum atomic E-state index is 9.72. The van der Waals surface area contributed by atoms with Crippen LogP contribution < -0.4 is 0 Å². The fourth-order valence-corrected chi connectivity index (χ4v) is 1.36. The topological polar surface area (TPSA) is 20.2 Å². The highest BCUT2D eigenvalue weighted by Crippen LogP contribution is 2.18. The lowest BCUT2D eigenvalue weighted by atomic mass is 10.0. The molecule has 1 heteroatoms. The van der Waals surface area contributed by atoms with Gasteiger partial charge in [0.25, 0.3) is 0 Å². The average Bonchev–Trinajstić information content (AvgIpc) is 2.19. The second-order valence-electron chi connectivity index (χ2n) is 3.33. The van der Waals surface area contributed by atoms with Gasteiger partial charge < -0.3 is 5.11 Å². The number of rotatable bonds is 5. The molecular weight excluding hydrogens is 160 g/mol. The smallest absolute Gasteiger partial charge is 0.0796 e. The molecule has 0 aromatic heterocycles. The van der Waals surface area contributed by atoms with E-state index in [1.807, 2.05) is 24.3 Å². The van der Waals surface area contributed by atoms with Gasteiger partial charge in [-0.05, 0) is 18.1 Å². The molecule has 0 saturated heterocycles.